The summed E-state index contributed by atoms with van der Waals surface area (Å²) < 4.78 is 1.68. The zero-order valence-electron chi connectivity index (χ0n) is 15.2. The number of rotatable bonds is 5. The van der Waals surface area contributed by atoms with E-state index >= 15 is 0 Å². The van der Waals surface area contributed by atoms with E-state index in [0.717, 1.165) is 19.3 Å². The minimum absolute atomic E-state index is 0.0414. The number of hydrogen-bond acceptors (Lipinski definition) is 8. The minimum Gasteiger partial charge on any atom is -0.389 e. The van der Waals surface area contributed by atoms with Gasteiger partial charge in [0.1, 0.15) is 17.4 Å². The van der Waals surface area contributed by atoms with Gasteiger partial charge in [0.15, 0.2) is 11.5 Å². The highest BCUT2D eigenvalue weighted by molar-refractivity contribution is 5.88. The van der Waals surface area contributed by atoms with E-state index in [-0.39, 0.29) is 23.7 Å². The normalized spacial score (nSPS) is 33.8. The molecule has 3 saturated carbocycles. The maximum absolute atomic E-state index is 12.1. The highest BCUT2D eigenvalue weighted by Crippen LogP contribution is 2.68. The Bertz CT molecular complexity index is 1030. The molecule has 3 N–H and O–H groups in total. The van der Waals surface area contributed by atoms with Gasteiger partial charge in [-0.05, 0) is 49.2 Å². The van der Waals surface area contributed by atoms with E-state index in [1.165, 1.54) is 6.92 Å². The van der Waals surface area contributed by atoms with Gasteiger partial charge in [-0.3, -0.25) is 4.79 Å². The van der Waals surface area contributed by atoms with Crippen LogP contribution in [0, 0.1) is 11.3 Å². The Kier molecular flexibility index (Phi) is 3.64. The molecule has 0 aromatic carbocycles. The number of aromatic nitrogens is 4. The lowest BCUT2D eigenvalue weighted by molar-refractivity contribution is -0.128. The first-order chi connectivity index (χ1) is 13.5. The van der Waals surface area contributed by atoms with Gasteiger partial charge in [0.25, 0.3) is 0 Å². The summed E-state index contributed by atoms with van der Waals surface area (Å²) in [7, 11) is 0. The number of fused-ring (bicyclic) bond motifs is 2. The SMILES string of the molecule is CC(=O)[C@]12CC1[C@@H](n1cnc3c(NC4CCC4)nc(N=[N+]=[N-])nc31)[C@H](O)C2O. The number of ketones is 1. The Morgan fingerprint density at radius 1 is 1.43 bits per heavy atom. The van der Waals surface area contributed by atoms with Crippen LogP contribution in [0.1, 0.15) is 38.6 Å². The van der Waals surface area contributed by atoms with Gasteiger partial charge >= 0.3 is 0 Å². The van der Waals surface area contributed by atoms with E-state index in [4.69, 9.17) is 5.53 Å². The van der Waals surface area contributed by atoms with Gasteiger partial charge in [-0.15, -0.1) is 0 Å². The molecule has 3 aliphatic carbocycles. The fourth-order valence-electron chi connectivity index (χ4n) is 4.83. The van der Waals surface area contributed by atoms with Gasteiger partial charge < -0.3 is 20.1 Å². The predicted octanol–water partition coefficient (Wildman–Crippen LogP) is 1.60. The largest absolute Gasteiger partial charge is 0.389 e. The topological polar surface area (TPSA) is 162 Å². The number of aliphatic hydroxyl groups excluding tert-OH is 2. The van der Waals surface area contributed by atoms with Crippen molar-refractivity contribution in [2.24, 2.45) is 16.4 Å². The Labute approximate surface area is 159 Å². The molecule has 2 heterocycles. The molecular formula is C17H20N8O3. The van der Waals surface area contributed by atoms with Crippen LogP contribution < -0.4 is 5.32 Å². The van der Waals surface area contributed by atoms with E-state index in [1.807, 2.05) is 0 Å². The standard InChI is InChI=1S/C17H20N8O3/c1-7(26)17-5-9(17)11(12(27)13(17)28)25-6-19-10-14(20-8-3-2-4-8)21-16(23-24-18)22-15(10)25/h6,8-9,11-13,27-28H,2-5H2,1H3,(H,20,21,22)/t9?,11-,12+,13?,17-/m1/s1. The molecule has 0 spiro atoms. The van der Waals surface area contributed by atoms with Crippen molar-refractivity contribution in [2.45, 2.75) is 56.9 Å². The smallest absolute Gasteiger partial charge is 0.220 e. The summed E-state index contributed by atoms with van der Waals surface area (Å²) in [5.74, 6) is 0.138. The minimum atomic E-state index is -1.12. The van der Waals surface area contributed by atoms with Crippen LogP contribution in [0.15, 0.2) is 11.4 Å². The molecule has 5 atom stereocenters. The molecule has 2 aromatic heterocycles. The first-order valence-corrected chi connectivity index (χ1v) is 9.40. The van der Waals surface area contributed by atoms with Crippen LogP contribution in [0.5, 0.6) is 0 Å². The average Bonchev–Trinajstić information content (AvgIpc) is 3.17. The van der Waals surface area contributed by atoms with E-state index < -0.39 is 23.7 Å². The predicted molar refractivity (Wildman–Crippen MR) is 97.7 cm³/mol. The maximum Gasteiger partial charge on any atom is 0.220 e. The molecule has 146 valence electrons. The zero-order valence-corrected chi connectivity index (χ0v) is 15.2. The summed E-state index contributed by atoms with van der Waals surface area (Å²) in [4.78, 5) is 27.9. The van der Waals surface area contributed by atoms with Gasteiger partial charge in [-0.1, -0.05) is 0 Å². The molecule has 2 aromatic rings. The average molecular weight is 384 g/mol. The van der Waals surface area contributed by atoms with Gasteiger partial charge in [-0.25, -0.2) is 15.0 Å². The summed E-state index contributed by atoms with van der Waals surface area (Å²) in [5.41, 5.74) is 8.81. The van der Waals surface area contributed by atoms with Crippen LogP contribution in [-0.4, -0.2) is 53.8 Å². The molecule has 11 heteroatoms. The molecular weight excluding hydrogens is 364 g/mol. The van der Waals surface area contributed by atoms with Crippen molar-refractivity contribution in [3.63, 3.8) is 0 Å². The molecule has 0 saturated heterocycles. The van der Waals surface area contributed by atoms with Gasteiger partial charge in [0, 0.05) is 11.0 Å². The molecule has 28 heavy (non-hydrogen) atoms. The number of Topliss-reactive ketones (excluding diaryl/α,β-unsaturated/α-hetero) is 1. The molecule has 0 radical (unpaired) electrons. The Hall–Kier alpha value is -2.75. The highest BCUT2D eigenvalue weighted by atomic mass is 16.3. The molecule has 2 unspecified atom stereocenters. The summed E-state index contributed by atoms with van der Waals surface area (Å²) >= 11 is 0. The number of imidazole rings is 1. The quantitative estimate of drug-likeness (QED) is 0.400. The van der Waals surface area contributed by atoms with Crippen molar-refractivity contribution in [2.75, 3.05) is 5.32 Å². The van der Waals surface area contributed by atoms with Crippen LogP contribution >= 0.6 is 0 Å². The van der Waals surface area contributed by atoms with E-state index in [2.05, 4.69) is 30.3 Å². The maximum atomic E-state index is 12.1. The Balaban J connectivity index is 1.61. The molecule has 0 bridgehead atoms. The van der Waals surface area contributed by atoms with Crippen molar-refractivity contribution < 1.29 is 15.0 Å². The lowest BCUT2D eigenvalue weighted by Crippen LogP contribution is -2.36. The van der Waals surface area contributed by atoms with Crippen molar-refractivity contribution in [3.8, 4) is 0 Å². The highest BCUT2D eigenvalue weighted by Gasteiger charge is 2.74. The van der Waals surface area contributed by atoms with Crippen LogP contribution in [-0.2, 0) is 4.79 Å². The van der Waals surface area contributed by atoms with E-state index in [1.54, 1.807) is 10.9 Å². The molecule has 3 aliphatic rings. The van der Waals surface area contributed by atoms with Crippen LogP contribution in [0.25, 0.3) is 21.6 Å². The molecule has 5 rings (SSSR count). The molecule has 3 fully saturated rings. The van der Waals surface area contributed by atoms with Gasteiger partial charge in [0.2, 0.25) is 5.95 Å². The number of carbonyl (C=O) groups is 1. The second-order valence-electron chi connectivity index (χ2n) is 7.99. The second kappa shape index (κ2) is 5.87. The molecule has 11 nitrogen and oxygen atoms in total. The zero-order chi connectivity index (χ0) is 19.6. The summed E-state index contributed by atoms with van der Waals surface area (Å²) in [6.45, 7) is 1.45. The van der Waals surface area contributed by atoms with Crippen LogP contribution in [0.3, 0.4) is 0 Å². The van der Waals surface area contributed by atoms with Crippen molar-refractivity contribution >= 4 is 28.7 Å². The Morgan fingerprint density at radius 3 is 2.82 bits per heavy atom. The first-order valence-electron chi connectivity index (χ1n) is 9.40. The van der Waals surface area contributed by atoms with Gasteiger partial charge in [0.05, 0.1) is 23.9 Å². The fraction of sp³-hybridized carbons (Fsp3) is 0.647. The van der Waals surface area contributed by atoms with Gasteiger partial charge in [-0.2, -0.15) is 0 Å². The third kappa shape index (κ3) is 2.20. The van der Waals surface area contributed by atoms with Crippen molar-refractivity contribution in [1.29, 1.82) is 0 Å². The van der Waals surface area contributed by atoms with Crippen molar-refractivity contribution in [3.05, 3.63) is 16.8 Å². The van der Waals surface area contributed by atoms with E-state index in [0.29, 0.717) is 23.4 Å². The number of azide groups is 1. The lowest BCUT2D eigenvalue weighted by Gasteiger charge is -2.27. The number of nitrogens with one attached hydrogen (secondary N) is 1. The monoisotopic (exact) mass is 384 g/mol. The third-order valence-corrected chi connectivity index (χ3v) is 6.64. The molecule has 0 amide bonds. The lowest BCUT2D eigenvalue weighted by atomic mass is 9.93. The Morgan fingerprint density at radius 2 is 2.21 bits per heavy atom. The number of hydrogen-bond donors (Lipinski definition) is 3. The fourth-order valence-corrected chi connectivity index (χ4v) is 4.83. The summed E-state index contributed by atoms with van der Waals surface area (Å²) in [6, 6.07) is -0.246. The van der Waals surface area contributed by atoms with Crippen LogP contribution in [0.2, 0.25) is 0 Å². The summed E-state index contributed by atoms with van der Waals surface area (Å²) in [5, 5.41) is 28.0. The number of anilines is 1. The first kappa shape index (κ1) is 17.4. The summed E-state index contributed by atoms with van der Waals surface area (Å²) in [6.07, 6.45) is 3.03. The number of nitrogens with zero attached hydrogens (tertiary/aromatic N) is 7. The van der Waals surface area contributed by atoms with Crippen molar-refractivity contribution in [1.82, 2.24) is 19.5 Å². The van der Waals surface area contributed by atoms with Crippen LogP contribution in [0.4, 0.5) is 11.8 Å². The third-order valence-electron chi connectivity index (χ3n) is 6.64. The molecule has 0 aliphatic heterocycles. The number of aliphatic hydroxyl groups is 2. The van der Waals surface area contributed by atoms with E-state index in [9.17, 15) is 15.0 Å². The number of carbonyl (C=O) groups excluding carboxylic acids is 1. The second-order valence-corrected chi connectivity index (χ2v) is 7.99.